The summed E-state index contributed by atoms with van der Waals surface area (Å²) in [7, 11) is 0. The molecule has 150 valence electrons. The number of carboxylic acids is 1. The Morgan fingerprint density at radius 1 is 1.36 bits per heavy atom. The topological polar surface area (TPSA) is 129 Å². The Kier molecular flexibility index (Phi) is 6.25. The number of nitrogens with two attached hydrogens (primary N) is 1. The Bertz CT molecular complexity index is 884. The third kappa shape index (κ3) is 4.15. The highest BCUT2D eigenvalue weighted by atomic mass is 32.1. The highest BCUT2D eigenvalue weighted by molar-refractivity contribution is 7.80. The van der Waals surface area contributed by atoms with Gasteiger partial charge in [-0.1, -0.05) is 18.2 Å². The number of hydrogen-bond acceptors (Lipinski definition) is 5. The maximum atomic E-state index is 13.1. The highest BCUT2D eigenvalue weighted by Gasteiger charge is 2.38. The van der Waals surface area contributed by atoms with Crippen molar-refractivity contribution in [2.24, 2.45) is 5.73 Å². The number of aromatic nitrogens is 1. The molecule has 1 aromatic carbocycles. The number of para-hydroxylation sites is 1. The molecule has 0 radical (unpaired) electrons. The average Bonchev–Trinajstić information content (AvgIpc) is 3.33. The Morgan fingerprint density at radius 2 is 2.11 bits per heavy atom. The van der Waals surface area contributed by atoms with Crippen molar-refractivity contribution in [2.75, 3.05) is 12.3 Å². The van der Waals surface area contributed by atoms with Crippen molar-refractivity contribution in [3.63, 3.8) is 0 Å². The predicted molar refractivity (Wildman–Crippen MR) is 108 cm³/mol. The van der Waals surface area contributed by atoms with Crippen molar-refractivity contribution in [3.8, 4) is 0 Å². The number of carboxylic acid groups (broad SMARTS) is 1. The van der Waals surface area contributed by atoms with Gasteiger partial charge in [-0.3, -0.25) is 9.59 Å². The molecule has 2 aromatic rings. The zero-order chi connectivity index (χ0) is 20.3. The van der Waals surface area contributed by atoms with Crippen LogP contribution in [0, 0.1) is 0 Å². The van der Waals surface area contributed by atoms with Crippen LogP contribution in [0.15, 0.2) is 30.5 Å². The summed E-state index contributed by atoms with van der Waals surface area (Å²) in [6.45, 7) is 0.356. The van der Waals surface area contributed by atoms with Crippen molar-refractivity contribution in [1.82, 2.24) is 15.2 Å². The van der Waals surface area contributed by atoms with E-state index in [-0.39, 0.29) is 12.2 Å². The first-order valence-corrected chi connectivity index (χ1v) is 9.80. The number of fused-ring (bicyclic) bond motifs is 1. The summed E-state index contributed by atoms with van der Waals surface area (Å²) in [4.78, 5) is 41.5. The Balaban J connectivity index is 1.87. The van der Waals surface area contributed by atoms with Crippen molar-refractivity contribution in [1.29, 1.82) is 0 Å². The molecular formula is C19H24N4O4S. The molecule has 1 aliphatic rings. The van der Waals surface area contributed by atoms with Gasteiger partial charge in [-0.2, -0.15) is 12.6 Å². The number of likely N-dealkylation sites (tertiary alicyclic amines) is 1. The van der Waals surface area contributed by atoms with Gasteiger partial charge in [0.1, 0.15) is 12.1 Å². The Hall–Kier alpha value is -2.52. The van der Waals surface area contributed by atoms with E-state index in [4.69, 9.17) is 5.73 Å². The summed E-state index contributed by atoms with van der Waals surface area (Å²) in [5, 5.41) is 13.0. The number of rotatable bonds is 7. The van der Waals surface area contributed by atoms with Gasteiger partial charge in [0.25, 0.3) is 0 Å². The van der Waals surface area contributed by atoms with Crippen LogP contribution in [0.2, 0.25) is 0 Å². The summed E-state index contributed by atoms with van der Waals surface area (Å²) in [6.07, 6.45) is 3.06. The summed E-state index contributed by atoms with van der Waals surface area (Å²) < 4.78 is 0. The van der Waals surface area contributed by atoms with Gasteiger partial charge in [-0.05, 0) is 24.5 Å². The molecule has 0 spiro atoms. The van der Waals surface area contributed by atoms with Gasteiger partial charge in [0.2, 0.25) is 11.8 Å². The van der Waals surface area contributed by atoms with Crippen LogP contribution in [-0.4, -0.2) is 63.2 Å². The van der Waals surface area contributed by atoms with Gasteiger partial charge < -0.3 is 26.0 Å². The summed E-state index contributed by atoms with van der Waals surface area (Å²) >= 11 is 4.03. The first-order chi connectivity index (χ1) is 13.4. The molecule has 5 N–H and O–H groups in total. The van der Waals surface area contributed by atoms with Crippen LogP contribution in [0.25, 0.3) is 10.9 Å². The molecule has 8 nitrogen and oxygen atoms in total. The smallest absolute Gasteiger partial charge is 0.326 e. The van der Waals surface area contributed by atoms with Gasteiger partial charge in [0, 0.05) is 35.8 Å². The van der Waals surface area contributed by atoms with Gasteiger partial charge in [-0.15, -0.1) is 0 Å². The molecule has 3 rings (SSSR count). The van der Waals surface area contributed by atoms with E-state index in [1.54, 1.807) is 6.20 Å². The van der Waals surface area contributed by atoms with Crippen molar-refractivity contribution in [3.05, 3.63) is 36.0 Å². The zero-order valence-corrected chi connectivity index (χ0v) is 16.2. The lowest BCUT2D eigenvalue weighted by Gasteiger charge is -2.28. The van der Waals surface area contributed by atoms with Crippen molar-refractivity contribution < 1.29 is 19.5 Å². The predicted octanol–water partition coefficient (Wildman–Crippen LogP) is 0.528. The standard InChI is InChI=1S/C19H24N4O4S/c20-13(10-28)17(24)22-15(18(25)23-7-3-6-16(23)19(26)27)8-11-9-21-14-5-2-1-4-12(11)14/h1-2,4-5,9,13,15-16,21,28H,3,6-8,10,20H2,(H,22,24)(H,26,27). The first-order valence-electron chi connectivity index (χ1n) is 9.17. The van der Waals surface area contributed by atoms with E-state index in [1.807, 2.05) is 24.3 Å². The normalized spacial score (nSPS) is 18.8. The number of benzene rings is 1. The van der Waals surface area contributed by atoms with E-state index in [9.17, 15) is 19.5 Å². The molecule has 1 aromatic heterocycles. The molecule has 0 bridgehead atoms. The second-order valence-electron chi connectivity index (χ2n) is 6.94. The van der Waals surface area contributed by atoms with E-state index < -0.39 is 35.9 Å². The lowest BCUT2D eigenvalue weighted by Crippen LogP contribution is -2.55. The monoisotopic (exact) mass is 404 g/mol. The summed E-state index contributed by atoms with van der Waals surface area (Å²) in [5.74, 6) is -1.79. The van der Waals surface area contributed by atoms with Crippen LogP contribution in [-0.2, 0) is 20.8 Å². The summed E-state index contributed by atoms with van der Waals surface area (Å²) in [6, 6.07) is 5.03. The lowest BCUT2D eigenvalue weighted by molar-refractivity contribution is -0.149. The Labute approximate surface area is 167 Å². The minimum atomic E-state index is -1.03. The number of carbonyl (C=O) groups excluding carboxylic acids is 2. The maximum absolute atomic E-state index is 13.1. The molecule has 3 atom stereocenters. The van der Waals surface area contributed by atoms with E-state index in [0.717, 1.165) is 16.5 Å². The SMILES string of the molecule is NC(CS)C(=O)NC(Cc1c[nH]c2ccccc12)C(=O)N1CCCC1C(=O)O. The molecule has 1 saturated heterocycles. The number of aliphatic carboxylic acids is 1. The van der Waals surface area contributed by atoms with Gasteiger partial charge >= 0.3 is 5.97 Å². The van der Waals surface area contributed by atoms with Crippen LogP contribution in [0.3, 0.4) is 0 Å². The number of thiol groups is 1. The largest absolute Gasteiger partial charge is 0.480 e. The third-order valence-electron chi connectivity index (χ3n) is 5.07. The first kappa shape index (κ1) is 20.2. The van der Waals surface area contributed by atoms with E-state index in [1.165, 1.54) is 4.90 Å². The van der Waals surface area contributed by atoms with Gasteiger partial charge in [0.15, 0.2) is 0 Å². The van der Waals surface area contributed by atoms with Crippen LogP contribution < -0.4 is 11.1 Å². The quantitative estimate of drug-likeness (QED) is 0.430. The molecule has 0 saturated carbocycles. The van der Waals surface area contributed by atoms with Crippen LogP contribution >= 0.6 is 12.6 Å². The van der Waals surface area contributed by atoms with Crippen LogP contribution in [0.4, 0.5) is 0 Å². The molecule has 2 heterocycles. The molecule has 28 heavy (non-hydrogen) atoms. The molecule has 1 aliphatic heterocycles. The van der Waals surface area contributed by atoms with Crippen LogP contribution in [0.5, 0.6) is 0 Å². The molecule has 1 fully saturated rings. The number of nitrogens with one attached hydrogen (secondary N) is 2. The lowest BCUT2D eigenvalue weighted by atomic mass is 10.0. The number of carbonyl (C=O) groups is 3. The number of nitrogens with zero attached hydrogens (tertiary/aromatic N) is 1. The number of aromatic amines is 1. The van der Waals surface area contributed by atoms with Crippen molar-refractivity contribution >= 4 is 41.3 Å². The van der Waals surface area contributed by atoms with Crippen LogP contribution in [0.1, 0.15) is 18.4 Å². The number of amides is 2. The summed E-state index contributed by atoms with van der Waals surface area (Å²) in [5.41, 5.74) is 7.53. The zero-order valence-electron chi connectivity index (χ0n) is 15.3. The average molecular weight is 404 g/mol. The van der Waals surface area contributed by atoms with E-state index >= 15 is 0 Å². The fourth-order valence-corrected chi connectivity index (χ4v) is 3.74. The molecule has 0 aliphatic carbocycles. The van der Waals surface area contributed by atoms with Gasteiger partial charge in [-0.25, -0.2) is 4.79 Å². The number of hydrogen-bond donors (Lipinski definition) is 5. The third-order valence-corrected chi connectivity index (χ3v) is 5.46. The highest BCUT2D eigenvalue weighted by Crippen LogP contribution is 2.22. The fourth-order valence-electron chi connectivity index (χ4n) is 3.57. The second-order valence-corrected chi connectivity index (χ2v) is 7.31. The molecule has 3 unspecified atom stereocenters. The van der Waals surface area contributed by atoms with Crippen molar-refractivity contribution in [2.45, 2.75) is 37.4 Å². The molecule has 9 heteroatoms. The second kappa shape index (κ2) is 8.66. The molecule has 2 amide bonds. The molecular weight excluding hydrogens is 380 g/mol. The minimum Gasteiger partial charge on any atom is -0.480 e. The number of H-pyrrole nitrogens is 1. The fraction of sp³-hybridized carbons (Fsp3) is 0.421. The van der Waals surface area contributed by atoms with E-state index in [2.05, 4.69) is 22.9 Å². The maximum Gasteiger partial charge on any atom is 0.326 e. The van der Waals surface area contributed by atoms with Gasteiger partial charge in [0.05, 0.1) is 6.04 Å². The minimum absolute atomic E-state index is 0.140. The van der Waals surface area contributed by atoms with E-state index in [0.29, 0.717) is 19.4 Å². The Morgan fingerprint density at radius 3 is 2.82 bits per heavy atom.